The summed E-state index contributed by atoms with van der Waals surface area (Å²) in [6.45, 7) is 5.28. The summed E-state index contributed by atoms with van der Waals surface area (Å²) in [4.78, 5) is 6.97. The Kier molecular flexibility index (Phi) is 6.67. The van der Waals surface area contributed by atoms with Gasteiger partial charge in [-0.05, 0) is 30.9 Å². The van der Waals surface area contributed by atoms with Crippen LogP contribution in [-0.2, 0) is 13.1 Å². The first-order valence-electron chi connectivity index (χ1n) is 9.53. The van der Waals surface area contributed by atoms with Crippen molar-refractivity contribution in [3.05, 3.63) is 71.8 Å². The predicted molar refractivity (Wildman–Crippen MR) is 109 cm³/mol. The number of nitrogens with zero attached hydrogens (tertiary/aromatic N) is 2. The van der Waals surface area contributed by atoms with E-state index in [9.17, 15) is 0 Å². The molecule has 0 bridgehead atoms. The van der Waals surface area contributed by atoms with Gasteiger partial charge in [0.2, 0.25) is 0 Å². The van der Waals surface area contributed by atoms with Crippen molar-refractivity contribution in [1.82, 2.24) is 15.5 Å². The fraction of sp³-hybridized carbons (Fsp3) is 0.409. The number of hydrogen-bond acceptors (Lipinski definition) is 2. The average Bonchev–Trinajstić information content (AvgIpc) is 2.69. The molecule has 0 aliphatic carbocycles. The maximum Gasteiger partial charge on any atom is 0.191 e. The van der Waals surface area contributed by atoms with Gasteiger partial charge in [-0.15, -0.1) is 0 Å². The lowest BCUT2D eigenvalue weighted by Crippen LogP contribution is -2.51. The molecule has 2 atom stereocenters. The largest absolute Gasteiger partial charge is 0.354 e. The Morgan fingerprint density at radius 2 is 1.69 bits per heavy atom. The van der Waals surface area contributed by atoms with E-state index in [1.807, 2.05) is 13.1 Å². The number of piperidine rings is 1. The number of likely N-dealkylation sites (tertiary alicyclic amines) is 1. The Morgan fingerprint density at radius 1 is 1.04 bits per heavy atom. The lowest BCUT2D eigenvalue weighted by atomic mass is 9.97. The van der Waals surface area contributed by atoms with Crippen molar-refractivity contribution in [1.29, 1.82) is 0 Å². The minimum atomic E-state index is 0.471. The summed E-state index contributed by atoms with van der Waals surface area (Å²) in [6, 6.07) is 22.2. The summed E-state index contributed by atoms with van der Waals surface area (Å²) >= 11 is 0. The topological polar surface area (TPSA) is 39.7 Å². The van der Waals surface area contributed by atoms with Crippen LogP contribution >= 0.6 is 0 Å². The van der Waals surface area contributed by atoms with Gasteiger partial charge in [0.1, 0.15) is 0 Å². The van der Waals surface area contributed by atoms with E-state index in [2.05, 4.69) is 82.0 Å². The summed E-state index contributed by atoms with van der Waals surface area (Å²) in [5.41, 5.74) is 2.66. The van der Waals surface area contributed by atoms with Gasteiger partial charge in [-0.2, -0.15) is 0 Å². The van der Waals surface area contributed by atoms with Crippen LogP contribution in [0.3, 0.4) is 0 Å². The molecule has 4 nitrogen and oxygen atoms in total. The van der Waals surface area contributed by atoms with Gasteiger partial charge in [-0.1, -0.05) is 60.7 Å². The summed E-state index contributed by atoms with van der Waals surface area (Å²) in [5.74, 6) is 0.891. The monoisotopic (exact) mass is 350 g/mol. The summed E-state index contributed by atoms with van der Waals surface area (Å²) in [5, 5.41) is 7.03. The van der Waals surface area contributed by atoms with Gasteiger partial charge in [0.25, 0.3) is 0 Å². The van der Waals surface area contributed by atoms with Crippen LogP contribution < -0.4 is 10.6 Å². The Labute approximate surface area is 157 Å². The minimum Gasteiger partial charge on any atom is -0.354 e. The maximum absolute atomic E-state index is 4.39. The van der Waals surface area contributed by atoms with Crippen LogP contribution in [0.5, 0.6) is 0 Å². The molecule has 138 valence electrons. The normalized spacial score (nSPS) is 21.4. The highest BCUT2D eigenvalue weighted by molar-refractivity contribution is 5.79. The summed E-state index contributed by atoms with van der Waals surface area (Å²) < 4.78 is 0. The highest BCUT2D eigenvalue weighted by Crippen LogP contribution is 2.19. The molecular formula is C22H30N4. The Morgan fingerprint density at radius 3 is 2.31 bits per heavy atom. The highest BCUT2D eigenvalue weighted by Gasteiger charge is 2.25. The van der Waals surface area contributed by atoms with Gasteiger partial charge in [0.05, 0.1) is 0 Å². The third kappa shape index (κ3) is 5.33. The van der Waals surface area contributed by atoms with Crippen LogP contribution in [-0.4, -0.2) is 36.5 Å². The molecule has 1 heterocycles. The van der Waals surface area contributed by atoms with Crippen molar-refractivity contribution in [2.45, 2.75) is 44.9 Å². The molecule has 0 amide bonds. The molecule has 1 aliphatic heterocycles. The first kappa shape index (κ1) is 18.5. The van der Waals surface area contributed by atoms with Crippen molar-refractivity contribution in [2.75, 3.05) is 13.6 Å². The molecule has 0 spiro atoms. The fourth-order valence-electron chi connectivity index (χ4n) is 3.57. The van der Waals surface area contributed by atoms with Crippen molar-refractivity contribution < 1.29 is 0 Å². The van der Waals surface area contributed by atoms with Gasteiger partial charge in [0.15, 0.2) is 5.96 Å². The Balaban J connectivity index is 1.47. The van der Waals surface area contributed by atoms with Crippen LogP contribution in [0.4, 0.5) is 0 Å². The van der Waals surface area contributed by atoms with E-state index >= 15 is 0 Å². The third-order valence-electron chi connectivity index (χ3n) is 5.11. The van der Waals surface area contributed by atoms with Crippen molar-refractivity contribution in [3.8, 4) is 0 Å². The van der Waals surface area contributed by atoms with Crippen LogP contribution in [0.15, 0.2) is 65.7 Å². The van der Waals surface area contributed by atoms with Crippen molar-refractivity contribution in [3.63, 3.8) is 0 Å². The van der Waals surface area contributed by atoms with Gasteiger partial charge >= 0.3 is 0 Å². The number of nitrogens with one attached hydrogen (secondary N) is 2. The lowest BCUT2D eigenvalue weighted by molar-refractivity contribution is 0.134. The molecular weight excluding hydrogens is 320 g/mol. The zero-order valence-corrected chi connectivity index (χ0v) is 15.9. The molecule has 0 aromatic heterocycles. The van der Waals surface area contributed by atoms with E-state index in [0.29, 0.717) is 12.1 Å². The molecule has 26 heavy (non-hydrogen) atoms. The highest BCUT2D eigenvalue weighted by atomic mass is 15.2. The second kappa shape index (κ2) is 9.39. The third-order valence-corrected chi connectivity index (χ3v) is 5.11. The Bertz CT molecular complexity index is 684. The first-order valence-corrected chi connectivity index (χ1v) is 9.53. The van der Waals surface area contributed by atoms with Crippen LogP contribution in [0.1, 0.15) is 30.9 Å². The van der Waals surface area contributed by atoms with E-state index in [0.717, 1.165) is 38.4 Å². The molecule has 4 heteroatoms. The Hall–Kier alpha value is -2.33. The molecule has 2 unspecified atom stereocenters. The summed E-state index contributed by atoms with van der Waals surface area (Å²) in [6.07, 6.45) is 2.28. The zero-order valence-electron chi connectivity index (χ0n) is 15.9. The average molecular weight is 351 g/mol. The van der Waals surface area contributed by atoms with Gasteiger partial charge in [-0.25, -0.2) is 0 Å². The van der Waals surface area contributed by atoms with Gasteiger partial charge in [0, 0.05) is 38.8 Å². The maximum atomic E-state index is 4.39. The standard InChI is InChI=1S/C22H30N4/c1-18-15-21(13-14-26(18)17-20-11-7-4-8-12-20)25-22(23-2)24-16-19-9-5-3-6-10-19/h3-12,18,21H,13-17H2,1-2H3,(H2,23,24,25). The molecule has 2 aromatic carbocycles. The first-order chi connectivity index (χ1) is 12.7. The van der Waals surface area contributed by atoms with E-state index in [1.165, 1.54) is 11.1 Å². The number of guanidine groups is 1. The van der Waals surface area contributed by atoms with Crippen molar-refractivity contribution in [2.24, 2.45) is 4.99 Å². The van der Waals surface area contributed by atoms with Gasteiger partial charge < -0.3 is 10.6 Å². The molecule has 1 aliphatic rings. The number of benzene rings is 2. The number of aliphatic imine (C=N–C) groups is 1. The molecule has 0 saturated carbocycles. The van der Waals surface area contributed by atoms with E-state index in [-0.39, 0.29) is 0 Å². The predicted octanol–water partition coefficient (Wildman–Crippen LogP) is 3.40. The zero-order chi connectivity index (χ0) is 18.2. The smallest absolute Gasteiger partial charge is 0.191 e. The van der Waals surface area contributed by atoms with E-state index < -0.39 is 0 Å². The molecule has 0 radical (unpaired) electrons. The van der Waals surface area contributed by atoms with E-state index in [4.69, 9.17) is 0 Å². The fourth-order valence-corrected chi connectivity index (χ4v) is 3.57. The molecule has 3 rings (SSSR count). The molecule has 2 aromatic rings. The van der Waals surface area contributed by atoms with Crippen LogP contribution in [0, 0.1) is 0 Å². The molecule has 1 fully saturated rings. The van der Waals surface area contributed by atoms with Crippen LogP contribution in [0.2, 0.25) is 0 Å². The quantitative estimate of drug-likeness (QED) is 0.641. The molecule has 2 N–H and O–H groups in total. The lowest BCUT2D eigenvalue weighted by Gasteiger charge is -2.38. The second-order valence-electron chi connectivity index (χ2n) is 7.08. The summed E-state index contributed by atoms with van der Waals surface area (Å²) in [7, 11) is 1.84. The second-order valence-corrected chi connectivity index (χ2v) is 7.08. The SMILES string of the molecule is CN=C(NCc1ccccc1)NC1CCN(Cc2ccccc2)C(C)C1. The number of rotatable bonds is 5. The van der Waals surface area contributed by atoms with Crippen LogP contribution in [0.25, 0.3) is 0 Å². The van der Waals surface area contributed by atoms with Gasteiger partial charge in [-0.3, -0.25) is 9.89 Å². The van der Waals surface area contributed by atoms with Crippen molar-refractivity contribution >= 4 is 5.96 Å². The molecule has 1 saturated heterocycles. The minimum absolute atomic E-state index is 0.471. The number of hydrogen-bond donors (Lipinski definition) is 2. The van der Waals surface area contributed by atoms with E-state index in [1.54, 1.807) is 0 Å².